The predicted molar refractivity (Wildman–Crippen MR) is 56.6 cm³/mol. The molecule has 0 radical (unpaired) electrons. The van der Waals surface area contributed by atoms with Gasteiger partial charge in [0.25, 0.3) is 0 Å². The third-order valence-electron chi connectivity index (χ3n) is 1.93. The van der Waals surface area contributed by atoms with Crippen LogP contribution in [-0.2, 0) is 4.79 Å². The highest BCUT2D eigenvalue weighted by Crippen LogP contribution is 2.13. The zero-order chi connectivity index (χ0) is 10.8. The van der Waals surface area contributed by atoms with Gasteiger partial charge in [-0.2, -0.15) is 5.10 Å². The van der Waals surface area contributed by atoms with Crippen LogP contribution in [0.15, 0.2) is 31.2 Å². The molecule has 5 nitrogen and oxygen atoms in total. The molecule has 0 saturated carbocycles. The lowest BCUT2D eigenvalue weighted by molar-refractivity contribution is -0.111. The van der Waals surface area contributed by atoms with Crippen molar-refractivity contribution in [3.63, 3.8) is 0 Å². The van der Waals surface area contributed by atoms with Crippen LogP contribution in [0, 0.1) is 6.92 Å². The second kappa shape index (κ2) is 3.53. The van der Waals surface area contributed by atoms with Crippen LogP contribution in [0.3, 0.4) is 0 Å². The summed E-state index contributed by atoms with van der Waals surface area (Å²) in [5.41, 5.74) is 2.21. The number of rotatable bonds is 2. The van der Waals surface area contributed by atoms with E-state index < -0.39 is 0 Å². The van der Waals surface area contributed by atoms with Crippen molar-refractivity contribution in [2.45, 2.75) is 6.92 Å². The van der Waals surface area contributed by atoms with Gasteiger partial charge in [0.05, 0.1) is 6.20 Å². The second-order valence-corrected chi connectivity index (χ2v) is 3.15. The summed E-state index contributed by atoms with van der Waals surface area (Å²) in [5, 5.41) is 6.70. The normalized spacial score (nSPS) is 10.2. The van der Waals surface area contributed by atoms with E-state index in [1.54, 1.807) is 16.9 Å². The van der Waals surface area contributed by atoms with Crippen molar-refractivity contribution in [1.29, 1.82) is 0 Å². The highest BCUT2D eigenvalue weighted by molar-refractivity contribution is 6.01. The third kappa shape index (κ3) is 1.71. The molecule has 0 aliphatic rings. The summed E-state index contributed by atoms with van der Waals surface area (Å²) in [4.78, 5) is 15.3. The van der Waals surface area contributed by atoms with E-state index in [2.05, 4.69) is 22.0 Å². The maximum atomic E-state index is 11.1. The number of amides is 1. The van der Waals surface area contributed by atoms with E-state index in [9.17, 15) is 4.79 Å². The first-order chi connectivity index (χ1) is 7.20. The number of nitrogens with zero attached hydrogens (tertiary/aromatic N) is 3. The van der Waals surface area contributed by atoms with Gasteiger partial charge in [-0.15, -0.1) is 0 Å². The minimum absolute atomic E-state index is 0.271. The zero-order valence-corrected chi connectivity index (χ0v) is 8.27. The molecular formula is C10H10N4O. The maximum absolute atomic E-state index is 11.1. The van der Waals surface area contributed by atoms with E-state index in [0.717, 1.165) is 5.56 Å². The van der Waals surface area contributed by atoms with Gasteiger partial charge in [0.15, 0.2) is 5.65 Å². The van der Waals surface area contributed by atoms with Crippen molar-refractivity contribution < 1.29 is 4.79 Å². The molecule has 0 bridgehead atoms. The van der Waals surface area contributed by atoms with E-state index in [4.69, 9.17) is 0 Å². The standard InChI is InChI=1S/C10H10N4O/c1-3-9(15)13-8-5-12-14-6-7(2)4-11-10(8)14/h3-6H,1H2,2H3,(H,13,15). The van der Waals surface area contributed by atoms with Gasteiger partial charge in [-0.05, 0) is 18.6 Å². The molecule has 5 heteroatoms. The van der Waals surface area contributed by atoms with Crippen molar-refractivity contribution >= 4 is 17.2 Å². The van der Waals surface area contributed by atoms with Gasteiger partial charge >= 0.3 is 0 Å². The van der Waals surface area contributed by atoms with Crippen LogP contribution in [0.4, 0.5) is 5.69 Å². The molecular weight excluding hydrogens is 192 g/mol. The Kier molecular flexibility index (Phi) is 2.21. The molecule has 2 rings (SSSR count). The average Bonchev–Trinajstić information content (AvgIpc) is 2.60. The van der Waals surface area contributed by atoms with E-state index in [-0.39, 0.29) is 5.91 Å². The Morgan fingerprint density at radius 3 is 3.13 bits per heavy atom. The van der Waals surface area contributed by atoms with E-state index in [0.29, 0.717) is 11.3 Å². The molecule has 0 fully saturated rings. The van der Waals surface area contributed by atoms with Crippen molar-refractivity contribution in [2.75, 3.05) is 5.32 Å². The zero-order valence-electron chi connectivity index (χ0n) is 8.27. The highest BCUT2D eigenvalue weighted by atomic mass is 16.1. The fourth-order valence-corrected chi connectivity index (χ4v) is 1.24. The van der Waals surface area contributed by atoms with Crippen LogP contribution in [-0.4, -0.2) is 20.5 Å². The molecule has 0 aliphatic carbocycles. The molecule has 1 amide bonds. The predicted octanol–water partition coefficient (Wildman–Crippen LogP) is 1.16. The molecule has 2 aromatic rings. The van der Waals surface area contributed by atoms with Crippen LogP contribution in [0.1, 0.15) is 5.56 Å². The summed E-state index contributed by atoms with van der Waals surface area (Å²) in [5.74, 6) is -0.271. The van der Waals surface area contributed by atoms with Gasteiger partial charge in [-0.3, -0.25) is 4.79 Å². The molecule has 1 N–H and O–H groups in total. The van der Waals surface area contributed by atoms with Crippen LogP contribution in [0.25, 0.3) is 5.65 Å². The fourth-order valence-electron chi connectivity index (χ4n) is 1.24. The van der Waals surface area contributed by atoms with Crippen LogP contribution in [0.5, 0.6) is 0 Å². The molecule has 15 heavy (non-hydrogen) atoms. The monoisotopic (exact) mass is 202 g/mol. The molecule has 0 atom stereocenters. The number of hydrogen-bond acceptors (Lipinski definition) is 3. The van der Waals surface area contributed by atoms with Gasteiger partial charge in [0.1, 0.15) is 5.69 Å². The quantitative estimate of drug-likeness (QED) is 0.743. The number of nitrogens with one attached hydrogen (secondary N) is 1. The molecule has 0 spiro atoms. The van der Waals surface area contributed by atoms with Crippen LogP contribution in [0.2, 0.25) is 0 Å². The number of anilines is 1. The van der Waals surface area contributed by atoms with Crippen LogP contribution < -0.4 is 5.32 Å². The lowest BCUT2D eigenvalue weighted by Crippen LogP contribution is -2.07. The number of fused-ring (bicyclic) bond motifs is 1. The van der Waals surface area contributed by atoms with Crippen LogP contribution >= 0.6 is 0 Å². The van der Waals surface area contributed by atoms with Gasteiger partial charge in [0.2, 0.25) is 5.91 Å². The number of carbonyl (C=O) groups is 1. The summed E-state index contributed by atoms with van der Waals surface area (Å²) in [7, 11) is 0. The minimum atomic E-state index is -0.271. The summed E-state index contributed by atoms with van der Waals surface area (Å²) in [6, 6.07) is 0. The summed E-state index contributed by atoms with van der Waals surface area (Å²) in [6.07, 6.45) is 6.33. The molecule has 0 aliphatic heterocycles. The Balaban J connectivity index is 2.45. The lowest BCUT2D eigenvalue weighted by atomic mass is 10.4. The van der Waals surface area contributed by atoms with Gasteiger partial charge in [0, 0.05) is 12.4 Å². The average molecular weight is 202 g/mol. The summed E-state index contributed by atoms with van der Waals surface area (Å²) < 4.78 is 1.62. The second-order valence-electron chi connectivity index (χ2n) is 3.15. The Morgan fingerprint density at radius 1 is 1.60 bits per heavy atom. The van der Waals surface area contributed by atoms with Gasteiger partial charge in [-0.1, -0.05) is 6.58 Å². The number of carbonyl (C=O) groups excluding carboxylic acids is 1. The maximum Gasteiger partial charge on any atom is 0.247 e. The van der Waals surface area contributed by atoms with E-state index >= 15 is 0 Å². The highest BCUT2D eigenvalue weighted by Gasteiger charge is 2.06. The van der Waals surface area contributed by atoms with Gasteiger partial charge < -0.3 is 5.32 Å². The topological polar surface area (TPSA) is 59.3 Å². The Morgan fingerprint density at radius 2 is 2.40 bits per heavy atom. The SMILES string of the molecule is C=CC(=O)Nc1cnn2cc(C)cnc12. The smallest absolute Gasteiger partial charge is 0.247 e. The third-order valence-corrected chi connectivity index (χ3v) is 1.93. The largest absolute Gasteiger partial charge is 0.318 e. The number of hydrogen-bond donors (Lipinski definition) is 1. The molecule has 2 heterocycles. The fraction of sp³-hybridized carbons (Fsp3) is 0.100. The molecule has 76 valence electrons. The molecule has 0 unspecified atom stereocenters. The Labute approximate surface area is 86.4 Å². The number of aryl methyl sites for hydroxylation is 1. The Hall–Kier alpha value is -2.17. The minimum Gasteiger partial charge on any atom is -0.318 e. The van der Waals surface area contributed by atoms with Crippen molar-refractivity contribution in [3.8, 4) is 0 Å². The first kappa shape index (κ1) is 9.39. The first-order valence-electron chi connectivity index (χ1n) is 4.44. The van der Waals surface area contributed by atoms with E-state index in [1.165, 1.54) is 6.08 Å². The Bertz CT molecular complexity index is 529. The van der Waals surface area contributed by atoms with E-state index in [1.807, 2.05) is 13.1 Å². The van der Waals surface area contributed by atoms with Gasteiger partial charge in [-0.25, -0.2) is 9.50 Å². The van der Waals surface area contributed by atoms with Crippen molar-refractivity contribution in [3.05, 3.63) is 36.8 Å². The lowest BCUT2D eigenvalue weighted by Gasteiger charge is -1.98. The summed E-state index contributed by atoms with van der Waals surface area (Å²) >= 11 is 0. The summed E-state index contributed by atoms with van der Waals surface area (Å²) in [6.45, 7) is 5.30. The molecule has 0 saturated heterocycles. The van der Waals surface area contributed by atoms with Crippen molar-refractivity contribution in [2.24, 2.45) is 0 Å². The van der Waals surface area contributed by atoms with Crippen molar-refractivity contribution in [1.82, 2.24) is 14.6 Å². The first-order valence-corrected chi connectivity index (χ1v) is 4.44. The molecule has 2 aromatic heterocycles. The molecule has 0 aromatic carbocycles. The number of aromatic nitrogens is 3.